The molecule has 1 atom stereocenters. The van der Waals surface area contributed by atoms with Gasteiger partial charge in [-0.2, -0.15) is 0 Å². The number of aryl methyl sites for hydroxylation is 1. The molecule has 0 saturated carbocycles. The van der Waals surface area contributed by atoms with Gasteiger partial charge >= 0.3 is 6.03 Å². The summed E-state index contributed by atoms with van der Waals surface area (Å²) >= 11 is 1.35. The van der Waals surface area contributed by atoms with Gasteiger partial charge in [-0.3, -0.25) is 5.32 Å². The smallest absolute Gasteiger partial charge is 0.321 e. The van der Waals surface area contributed by atoms with Crippen LogP contribution in [0.15, 0.2) is 0 Å². The lowest BCUT2D eigenvalue weighted by molar-refractivity contribution is 0.222. The number of hydrogen-bond donors (Lipinski definition) is 3. The molecule has 3 N–H and O–H groups in total. The topological polar surface area (TPSA) is 87.1 Å². The van der Waals surface area contributed by atoms with E-state index in [1.165, 1.54) is 11.3 Å². The molecule has 1 aromatic rings. The van der Waals surface area contributed by atoms with Crippen molar-refractivity contribution in [1.29, 1.82) is 0 Å². The predicted molar refractivity (Wildman–Crippen MR) is 62.6 cm³/mol. The fourth-order valence-electron chi connectivity index (χ4n) is 1.04. The molecule has 1 rings (SSSR count). The highest BCUT2D eigenvalue weighted by Crippen LogP contribution is 2.14. The van der Waals surface area contributed by atoms with Crippen LogP contribution in [0.25, 0.3) is 0 Å². The molecule has 2 amide bonds. The fourth-order valence-corrected chi connectivity index (χ4v) is 1.72. The average molecular weight is 244 g/mol. The Hall–Kier alpha value is -1.21. The zero-order chi connectivity index (χ0) is 12.0. The number of nitrogens with one attached hydrogen (secondary N) is 2. The molecule has 0 bridgehead atoms. The Balaban J connectivity index is 2.44. The van der Waals surface area contributed by atoms with Crippen molar-refractivity contribution in [1.82, 2.24) is 15.5 Å². The third kappa shape index (κ3) is 3.74. The minimum Gasteiger partial charge on any atom is -0.394 e. The normalized spacial score (nSPS) is 12.2. The van der Waals surface area contributed by atoms with Gasteiger partial charge in [0.25, 0.3) is 0 Å². The summed E-state index contributed by atoms with van der Waals surface area (Å²) in [5, 5.41) is 23.2. The lowest BCUT2D eigenvalue weighted by atomic mass is 10.2. The van der Waals surface area contributed by atoms with Crippen LogP contribution in [0.5, 0.6) is 0 Å². The van der Waals surface area contributed by atoms with Crippen LogP contribution in [0.3, 0.4) is 0 Å². The van der Waals surface area contributed by atoms with Crippen LogP contribution in [0, 0.1) is 0 Å². The first kappa shape index (κ1) is 12.9. The van der Waals surface area contributed by atoms with Crippen molar-refractivity contribution < 1.29 is 9.90 Å². The van der Waals surface area contributed by atoms with Crippen molar-refractivity contribution in [2.24, 2.45) is 0 Å². The Morgan fingerprint density at radius 2 is 2.25 bits per heavy atom. The first-order valence-electron chi connectivity index (χ1n) is 5.20. The SMILES string of the molecule is CCc1nnc(NC(=O)NC(CC)CO)s1. The number of rotatable bonds is 5. The minimum atomic E-state index is -0.361. The number of carbonyl (C=O) groups excluding carboxylic acids is 1. The molecule has 0 fully saturated rings. The monoisotopic (exact) mass is 244 g/mol. The number of aliphatic hydroxyl groups is 1. The Bertz CT molecular complexity index is 338. The third-order valence-corrected chi connectivity index (χ3v) is 3.02. The van der Waals surface area contributed by atoms with Crippen molar-refractivity contribution in [3.05, 3.63) is 5.01 Å². The number of anilines is 1. The van der Waals surface area contributed by atoms with Gasteiger partial charge in [-0.15, -0.1) is 10.2 Å². The van der Waals surface area contributed by atoms with Crippen molar-refractivity contribution in [3.8, 4) is 0 Å². The van der Waals surface area contributed by atoms with E-state index in [1.807, 2.05) is 13.8 Å². The Morgan fingerprint density at radius 3 is 2.75 bits per heavy atom. The molecule has 1 aromatic heterocycles. The zero-order valence-electron chi connectivity index (χ0n) is 9.36. The van der Waals surface area contributed by atoms with Crippen molar-refractivity contribution >= 4 is 22.5 Å². The average Bonchev–Trinajstić information content (AvgIpc) is 2.73. The zero-order valence-corrected chi connectivity index (χ0v) is 10.2. The van der Waals surface area contributed by atoms with Gasteiger partial charge in [0, 0.05) is 0 Å². The summed E-state index contributed by atoms with van der Waals surface area (Å²) < 4.78 is 0. The Labute approximate surface area is 98.1 Å². The molecule has 1 unspecified atom stereocenters. The van der Waals surface area contributed by atoms with Crippen LogP contribution in [-0.4, -0.2) is 34.0 Å². The number of amides is 2. The summed E-state index contributed by atoms with van der Waals surface area (Å²) in [4.78, 5) is 11.4. The number of hydrogen-bond acceptors (Lipinski definition) is 5. The van der Waals surface area contributed by atoms with Crippen LogP contribution in [0.2, 0.25) is 0 Å². The third-order valence-electron chi connectivity index (χ3n) is 2.04. The molecule has 0 aromatic carbocycles. The van der Waals surface area contributed by atoms with Crippen LogP contribution in [0.1, 0.15) is 25.3 Å². The van der Waals surface area contributed by atoms with Gasteiger partial charge in [-0.1, -0.05) is 25.2 Å². The van der Waals surface area contributed by atoms with Gasteiger partial charge in [0.2, 0.25) is 5.13 Å². The highest BCUT2D eigenvalue weighted by atomic mass is 32.1. The van der Waals surface area contributed by atoms with E-state index in [2.05, 4.69) is 20.8 Å². The second kappa shape index (κ2) is 6.39. The second-order valence-electron chi connectivity index (χ2n) is 3.24. The predicted octanol–water partition coefficient (Wildman–Crippen LogP) is 0.993. The van der Waals surface area contributed by atoms with Crippen LogP contribution < -0.4 is 10.6 Å². The molecule has 0 aliphatic rings. The van der Waals surface area contributed by atoms with Gasteiger partial charge in [-0.05, 0) is 12.8 Å². The van der Waals surface area contributed by atoms with E-state index in [0.717, 1.165) is 11.4 Å². The first-order chi connectivity index (χ1) is 7.69. The molecule has 90 valence electrons. The number of nitrogens with zero attached hydrogens (tertiary/aromatic N) is 2. The summed E-state index contributed by atoms with van der Waals surface area (Å²) in [6, 6.07) is -0.585. The van der Waals surface area contributed by atoms with E-state index >= 15 is 0 Å². The van der Waals surface area contributed by atoms with Crippen LogP contribution >= 0.6 is 11.3 Å². The summed E-state index contributed by atoms with van der Waals surface area (Å²) in [5.74, 6) is 0. The Morgan fingerprint density at radius 1 is 1.50 bits per heavy atom. The highest BCUT2D eigenvalue weighted by molar-refractivity contribution is 7.15. The molecule has 7 heteroatoms. The summed E-state index contributed by atoms with van der Waals surface area (Å²) in [6.45, 7) is 3.80. The van der Waals surface area contributed by atoms with Gasteiger partial charge in [0.15, 0.2) is 0 Å². The molecule has 0 spiro atoms. The van der Waals surface area contributed by atoms with Gasteiger partial charge < -0.3 is 10.4 Å². The molecule has 0 aliphatic carbocycles. The van der Waals surface area contributed by atoms with E-state index < -0.39 is 0 Å². The molecular weight excluding hydrogens is 228 g/mol. The number of urea groups is 1. The van der Waals surface area contributed by atoms with Gasteiger partial charge in [-0.25, -0.2) is 4.79 Å². The van der Waals surface area contributed by atoms with E-state index in [0.29, 0.717) is 11.6 Å². The molecular formula is C9H16N4O2S. The molecule has 0 aliphatic heterocycles. The van der Waals surface area contributed by atoms with E-state index in [-0.39, 0.29) is 18.7 Å². The van der Waals surface area contributed by atoms with E-state index in [9.17, 15) is 4.79 Å². The quantitative estimate of drug-likeness (QED) is 0.721. The van der Waals surface area contributed by atoms with Crippen LogP contribution in [0.4, 0.5) is 9.93 Å². The molecule has 1 heterocycles. The molecule has 0 radical (unpaired) electrons. The maximum Gasteiger partial charge on any atom is 0.321 e. The van der Waals surface area contributed by atoms with Crippen LogP contribution in [-0.2, 0) is 6.42 Å². The largest absolute Gasteiger partial charge is 0.394 e. The standard InChI is InChI=1S/C9H16N4O2S/c1-3-6(5-14)10-8(15)11-9-13-12-7(4-2)16-9/h6,14H,3-5H2,1-2H3,(H2,10,11,13,15). The maximum atomic E-state index is 11.4. The summed E-state index contributed by atoms with van der Waals surface area (Å²) in [6.07, 6.45) is 1.48. The molecule has 6 nitrogen and oxygen atoms in total. The first-order valence-corrected chi connectivity index (χ1v) is 6.02. The number of aromatic nitrogens is 2. The molecule has 16 heavy (non-hydrogen) atoms. The Kier molecular flexibility index (Phi) is 5.13. The molecule has 0 saturated heterocycles. The van der Waals surface area contributed by atoms with Crippen molar-refractivity contribution in [3.63, 3.8) is 0 Å². The van der Waals surface area contributed by atoms with E-state index in [4.69, 9.17) is 5.11 Å². The van der Waals surface area contributed by atoms with Crippen molar-refractivity contribution in [2.45, 2.75) is 32.7 Å². The lowest BCUT2D eigenvalue weighted by Crippen LogP contribution is -2.39. The van der Waals surface area contributed by atoms with Gasteiger partial charge in [0.1, 0.15) is 5.01 Å². The minimum absolute atomic E-state index is 0.0692. The van der Waals surface area contributed by atoms with Crippen molar-refractivity contribution in [2.75, 3.05) is 11.9 Å². The summed E-state index contributed by atoms with van der Waals surface area (Å²) in [5.41, 5.74) is 0. The number of carbonyl (C=O) groups is 1. The maximum absolute atomic E-state index is 11.4. The van der Waals surface area contributed by atoms with E-state index in [1.54, 1.807) is 0 Å². The van der Waals surface area contributed by atoms with Gasteiger partial charge in [0.05, 0.1) is 12.6 Å². The lowest BCUT2D eigenvalue weighted by Gasteiger charge is -2.13. The number of aliphatic hydroxyl groups excluding tert-OH is 1. The fraction of sp³-hybridized carbons (Fsp3) is 0.667. The highest BCUT2D eigenvalue weighted by Gasteiger charge is 2.11. The second-order valence-corrected chi connectivity index (χ2v) is 4.30. The summed E-state index contributed by atoms with van der Waals surface area (Å²) in [7, 11) is 0.